The van der Waals surface area contributed by atoms with Crippen LogP contribution in [0.1, 0.15) is 24.1 Å². The van der Waals surface area contributed by atoms with Crippen molar-refractivity contribution in [1.29, 1.82) is 0 Å². The number of nitro benzene ring substituents is 1. The first-order valence-corrected chi connectivity index (χ1v) is 7.82. The Morgan fingerprint density at radius 2 is 1.83 bits per heavy atom. The van der Waals surface area contributed by atoms with E-state index in [1.54, 1.807) is 19.1 Å². The third-order valence-electron chi connectivity index (χ3n) is 4.11. The molecule has 0 saturated carbocycles. The average molecular weight is 326 g/mol. The SMILES string of the molecule is CCOC(=O)[C@H]1C(c2ccc([N+](=O)[O-])cc2)N1Cc1ccccc1. The molecule has 6 nitrogen and oxygen atoms in total. The maximum Gasteiger partial charge on any atom is 0.325 e. The van der Waals surface area contributed by atoms with Crippen LogP contribution >= 0.6 is 0 Å². The zero-order valence-electron chi connectivity index (χ0n) is 13.3. The quantitative estimate of drug-likeness (QED) is 0.353. The van der Waals surface area contributed by atoms with Gasteiger partial charge in [-0.15, -0.1) is 0 Å². The van der Waals surface area contributed by atoms with Crippen LogP contribution in [0.2, 0.25) is 0 Å². The fourth-order valence-electron chi connectivity index (χ4n) is 2.93. The van der Waals surface area contributed by atoms with Crippen LogP contribution in [-0.4, -0.2) is 28.4 Å². The molecule has 3 atom stereocenters. The van der Waals surface area contributed by atoms with Gasteiger partial charge in [-0.05, 0) is 18.1 Å². The number of hydrogen-bond donors (Lipinski definition) is 0. The first-order chi connectivity index (χ1) is 11.6. The van der Waals surface area contributed by atoms with Gasteiger partial charge in [0.25, 0.3) is 5.69 Å². The lowest BCUT2D eigenvalue weighted by atomic mass is 10.1. The van der Waals surface area contributed by atoms with Gasteiger partial charge in [0.05, 0.1) is 17.6 Å². The van der Waals surface area contributed by atoms with E-state index in [2.05, 4.69) is 0 Å². The second-order valence-corrected chi connectivity index (χ2v) is 5.65. The average Bonchev–Trinajstić information content (AvgIpc) is 3.30. The Kier molecular flexibility index (Phi) is 4.57. The summed E-state index contributed by atoms with van der Waals surface area (Å²) in [5.74, 6) is -0.253. The number of rotatable bonds is 6. The van der Waals surface area contributed by atoms with Crippen molar-refractivity contribution in [3.05, 3.63) is 75.8 Å². The molecule has 2 aromatic carbocycles. The van der Waals surface area contributed by atoms with E-state index in [0.717, 1.165) is 11.1 Å². The van der Waals surface area contributed by atoms with Gasteiger partial charge < -0.3 is 4.74 Å². The fourth-order valence-corrected chi connectivity index (χ4v) is 2.93. The summed E-state index contributed by atoms with van der Waals surface area (Å²) in [7, 11) is 0. The molecule has 6 heteroatoms. The van der Waals surface area contributed by atoms with Gasteiger partial charge >= 0.3 is 5.97 Å². The summed E-state index contributed by atoms with van der Waals surface area (Å²) in [4.78, 5) is 24.6. The van der Waals surface area contributed by atoms with Crippen molar-refractivity contribution < 1.29 is 14.5 Å². The van der Waals surface area contributed by atoms with Crippen LogP contribution in [0.5, 0.6) is 0 Å². The number of carbonyl (C=O) groups is 1. The maximum absolute atomic E-state index is 12.2. The van der Waals surface area contributed by atoms with Crippen molar-refractivity contribution >= 4 is 11.7 Å². The highest BCUT2D eigenvalue weighted by atomic mass is 16.6. The van der Waals surface area contributed by atoms with E-state index in [1.807, 2.05) is 35.2 Å². The minimum absolute atomic E-state index is 0.0432. The molecule has 1 fully saturated rings. The summed E-state index contributed by atoms with van der Waals surface area (Å²) in [6.07, 6.45) is 0. The smallest absolute Gasteiger partial charge is 0.325 e. The highest BCUT2D eigenvalue weighted by molar-refractivity contribution is 5.80. The maximum atomic E-state index is 12.2. The zero-order chi connectivity index (χ0) is 17.1. The van der Waals surface area contributed by atoms with Gasteiger partial charge in [0.15, 0.2) is 0 Å². The number of ether oxygens (including phenoxy) is 1. The van der Waals surface area contributed by atoms with Crippen LogP contribution in [0.3, 0.4) is 0 Å². The van der Waals surface area contributed by atoms with Crippen LogP contribution in [0.4, 0.5) is 5.69 Å². The van der Waals surface area contributed by atoms with E-state index in [9.17, 15) is 14.9 Å². The molecule has 1 aliphatic heterocycles. The van der Waals surface area contributed by atoms with Gasteiger partial charge in [0, 0.05) is 18.7 Å². The first-order valence-electron chi connectivity index (χ1n) is 7.82. The van der Waals surface area contributed by atoms with Crippen LogP contribution in [0, 0.1) is 10.1 Å². The molecule has 0 radical (unpaired) electrons. The van der Waals surface area contributed by atoms with E-state index in [1.165, 1.54) is 12.1 Å². The Bertz CT molecular complexity index is 730. The van der Waals surface area contributed by atoms with Crippen LogP contribution in [-0.2, 0) is 16.1 Å². The molecule has 124 valence electrons. The molecule has 1 saturated heterocycles. The normalized spacial score (nSPS) is 22.0. The molecule has 0 amide bonds. The summed E-state index contributed by atoms with van der Waals surface area (Å²) in [5, 5.41) is 10.8. The number of non-ortho nitro benzene ring substituents is 1. The lowest BCUT2D eigenvalue weighted by molar-refractivity contribution is -0.384. The summed E-state index contributed by atoms with van der Waals surface area (Å²) in [5.41, 5.74) is 2.03. The minimum atomic E-state index is -0.429. The molecule has 0 spiro atoms. The van der Waals surface area contributed by atoms with Crippen molar-refractivity contribution in [1.82, 2.24) is 4.90 Å². The molecule has 3 rings (SSSR count). The third kappa shape index (κ3) is 3.28. The molecule has 0 bridgehead atoms. The van der Waals surface area contributed by atoms with Gasteiger partial charge in [-0.2, -0.15) is 0 Å². The van der Waals surface area contributed by atoms with Crippen molar-refractivity contribution in [2.45, 2.75) is 25.6 Å². The number of carbonyl (C=O) groups excluding carboxylic acids is 1. The van der Waals surface area contributed by atoms with Gasteiger partial charge in [0.1, 0.15) is 6.04 Å². The van der Waals surface area contributed by atoms with Crippen molar-refractivity contribution in [3.63, 3.8) is 0 Å². The summed E-state index contributed by atoms with van der Waals surface area (Å²) < 4.78 is 5.16. The van der Waals surface area contributed by atoms with Crippen LogP contribution in [0.15, 0.2) is 54.6 Å². The molecular formula is C18H18N2O4. The lowest BCUT2D eigenvalue weighted by Crippen LogP contribution is -2.16. The van der Waals surface area contributed by atoms with E-state index in [0.29, 0.717) is 13.2 Å². The van der Waals surface area contributed by atoms with Crippen molar-refractivity contribution in [2.75, 3.05) is 6.61 Å². The lowest BCUT2D eigenvalue weighted by Gasteiger charge is -2.04. The van der Waals surface area contributed by atoms with Crippen LogP contribution < -0.4 is 0 Å². The van der Waals surface area contributed by atoms with E-state index in [-0.39, 0.29) is 23.7 Å². The van der Waals surface area contributed by atoms with E-state index < -0.39 is 4.92 Å². The number of esters is 1. The Morgan fingerprint density at radius 1 is 1.17 bits per heavy atom. The zero-order valence-corrected chi connectivity index (χ0v) is 13.3. The fraction of sp³-hybridized carbons (Fsp3) is 0.278. The number of hydrogen-bond acceptors (Lipinski definition) is 5. The monoisotopic (exact) mass is 326 g/mol. The second-order valence-electron chi connectivity index (χ2n) is 5.65. The van der Waals surface area contributed by atoms with Crippen LogP contribution in [0.25, 0.3) is 0 Å². The Hall–Kier alpha value is -2.73. The molecule has 2 aromatic rings. The molecule has 1 aliphatic rings. The van der Waals surface area contributed by atoms with Crippen molar-refractivity contribution in [2.24, 2.45) is 0 Å². The number of nitro groups is 1. The predicted molar refractivity (Wildman–Crippen MR) is 88.2 cm³/mol. The molecule has 2 unspecified atom stereocenters. The number of nitrogens with zero attached hydrogens (tertiary/aromatic N) is 2. The summed E-state index contributed by atoms with van der Waals surface area (Å²) in [6.45, 7) is 2.75. The van der Waals surface area contributed by atoms with E-state index in [4.69, 9.17) is 4.74 Å². The number of benzene rings is 2. The molecule has 0 aliphatic carbocycles. The minimum Gasteiger partial charge on any atom is -0.465 e. The van der Waals surface area contributed by atoms with Gasteiger partial charge in [0.2, 0.25) is 0 Å². The molecule has 0 N–H and O–H groups in total. The molecule has 0 aromatic heterocycles. The van der Waals surface area contributed by atoms with E-state index >= 15 is 0 Å². The Balaban J connectivity index is 1.80. The third-order valence-corrected chi connectivity index (χ3v) is 4.11. The van der Waals surface area contributed by atoms with Crippen molar-refractivity contribution in [3.8, 4) is 0 Å². The molecule has 1 heterocycles. The molecule has 24 heavy (non-hydrogen) atoms. The highest BCUT2D eigenvalue weighted by Gasteiger charge is 2.54. The van der Waals surface area contributed by atoms with Gasteiger partial charge in [-0.3, -0.25) is 19.8 Å². The predicted octanol–water partition coefficient (Wildman–Crippen LogP) is 3.08. The van der Waals surface area contributed by atoms with Gasteiger partial charge in [-0.1, -0.05) is 42.5 Å². The summed E-state index contributed by atoms with van der Waals surface area (Å²) >= 11 is 0. The molecular weight excluding hydrogens is 308 g/mol. The Labute approximate surface area is 139 Å². The topological polar surface area (TPSA) is 72.5 Å². The first kappa shape index (κ1) is 16.1. The van der Waals surface area contributed by atoms with Gasteiger partial charge in [-0.25, -0.2) is 0 Å². The largest absolute Gasteiger partial charge is 0.465 e. The Morgan fingerprint density at radius 3 is 2.42 bits per heavy atom. The second kappa shape index (κ2) is 6.80. The highest BCUT2D eigenvalue weighted by Crippen LogP contribution is 2.45. The standard InChI is InChI=1S/C18H18N2O4/c1-2-24-18(21)17-16(14-8-10-15(11-9-14)20(22)23)19(17)12-13-6-4-3-5-7-13/h3-11,16-17H,2,12H2,1H3/t16?,17-,19?/m1/s1. The summed E-state index contributed by atoms with van der Waals surface area (Å²) in [6, 6.07) is 15.8.